The minimum absolute atomic E-state index is 0.199. The topological polar surface area (TPSA) is 63.7 Å². The lowest BCUT2D eigenvalue weighted by Crippen LogP contribution is -2.15. The highest BCUT2D eigenvalue weighted by Gasteiger charge is 2.18. The summed E-state index contributed by atoms with van der Waals surface area (Å²) < 4.78 is 29.1. The van der Waals surface area contributed by atoms with E-state index in [2.05, 4.69) is 4.74 Å². The van der Waals surface area contributed by atoms with Gasteiger partial charge in [-0.2, -0.15) is 0 Å². The third-order valence-electron chi connectivity index (χ3n) is 3.04. The number of rotatable bonds is 4. The molecule has 2 rings (SSSR count). The molecule has 0 fully saturated rings. The number of halogens is 1. The number of thiol groups is 1. The summed E-state index contributed by atoms with van der Waals surface area (Å²) in [6.45, 7) is 1.90. The number of methoxy groups -OCH3 is 1. The molecule has 2 aromatic carbocycles. The third-order valence-corrected chi connectivity index (χ3v) is 4.13. The number of esters is 1. The van der Waals surface area contributed by atoms with Crippen molar-refractivity contribution in [3.05, 3.63) is 58.6 Å². The largest absolute Gasteiger partial charge is 0.465 e. The van der Waals surface area contributed by atoms with E-state index < -0.39 is 16.9 Å². The Kier molecular flexibility index (Phi) is 5.05. The van der Waals surface area contributed by atoms with Crippen LogP contribution in [0.25, 0.3) is 0 Å². The summed E-state index contributed by atoms with van der Waals surface area (Å²) in [5.41, 5.74) is 1.85. The number of carbonyl (C=O) groups is 1. The summed E-state index contributed by atoms with van der Waals surface area (Å²) in [4.78, 5) is 11.6. The van der Waals surface area contributed by atoms with Crippen LogP contribution in [-0.2, 0) is 15.6 Å². The van der Waals surface area contributed by atoms with E-state index in [-0.39, 0.29) is 16.3 Å². The van der Waals surface area contributed by atoms with Gasteiger partial charge in [0.15, 0.2) is 0 Å². The molecule has 0 radical (unpaired) electrons. The van der Waals surface area contributed by atoms with Crippen molar-refractivity contribution in [1.82, 2.24) is 0 Å². The van der Waals surface area contributed by atoms with Crippen LogP contribution in [0.5, 0.6) is 0 Å². The Morgan fingerprint density at radius 1 is 1.14 bits per heavy atom. The number of benzene rings is 2. The van der Waals surface area contributed by atoms with Gasteiger partial charge in [-0.3, -0.25) is 0 Å². The second-order valence-corrected chi connectivity index (χ2v) is 5.83. The zero-order chi connectivity index (χ0) is 16.3. The number of carbonyl (C=O) groups excluding carboxylic acids is 1. The summed E-state index contributed by atoms with van der Waals surface area (Å²) >= 11 is 6.10. The van der Waals surface area contributed by atoms with Crippen molar-refractivity contribution in [3.63, 3.8) is 0 Å². The first kappa shape index (κ1) is 16.3. The lowest BCUT2D eigenvalue weighted by atomic mass is 10.2. The Hall–Kier alpha value is -2.05. The number of anilines is 2. The first-order valence-electron chi connectivity index (χ1n) is 6.33. The van der Waals surface area contributed by atoms with E-state index in [1.807, 2.05) is 6.92 Å². The van der Waals surface area contributed by atoms with Crippen LogP contribution in [0.4, 0.5) is 11.4 Å². The first-order chi connectivity index (χ1) is 10.4. The van der Waals surface area contributed by atoms with Crippen molar-refractivity contribution in [2.75, 3.05) is 11.4 Å². The second-order valence-electron chi connectivity index (χ2n) is 4.54. The molecule has 0 heterocycles. The molecule has 0 spiro atoms. The molecule has 0 N–H and O–H groups in total. The van der Waals surface area contributed by atoms with Crippen molar-refractivity contribution in [2.45, 2.75) is 6.92 Å². The van der Waals surface area contributed by atoms with Gasteiger partial charge >= 0.3 is 5.97 Å². The molecule has 0 atom stereocenters. The Labute approximate surface area is 135 Å². The van der Waals surface area contributed by atoms with Gasteiger partial charge in [0, 0.05) is 0 Å². The summed E-state index contributed by atoms with van der Waals surface area (Å²) in [7, 11) is -1.73. The fraction of sp³-hybridized carbons (Fsp3) is 0.133. The predicted molar refractivity (Wildman–Crippen MR) is 86.4 cm³/mol. The quantitative estimate of drug-likeness (QED) is 0.686. The van der Waals surface area contributed by atoms with E-state index in [4.69, 9.17) is 11.6 Å². The molecule has 5 nitrogen and oxygen atoms in total. The lowest BCUT2D eigenvalue weighted by molar-refractivity contribution is 0.0601. The van der Waals surface area contributed by atoms with Gasteiger partial charge in [0.2, 0.25) is 10.9 Å². The van der Waals surface area contributed by atoms with Gasteiger partial charge in [0.05, 0.1) is 29.1 Å². The number of hydrogen-bond acceptors (Lipinski definition) is 4. The van der Waals surface area contributed by atoms with Crippen molar-refractivity contribution in [2.24, 2.45) is 0 Å². The fourth-order valence-corrected chi connectivity index (χ4v) is 2.85. The average Bonchev–Trinajstić information content (AvgIpc) is 2.50. The molecule has 0 amide bonds. The molecule has 0 aliphatic rings. The molecule has 0 unspecified atom stereocenters. The Morgan fingerprint density at radius 3 is 2.32 bits per heavy atom. The first-order valence-corrected chi connectivity index (χ1v) is 7.84. The summed E-state index contributed by atoms with van der Waals surface area (Å²) in [6, 6.07) is 11.2. The molecular formula is C15H14ClNO4S. The molecule has 0 saturated carbocycles. The molecule has 7 heteroatoms. The summed E-state index contributed by atoms with van der Waals surface area (Å²) in [6.07, 6.45) is 0. The van der Waals surface area contributed by atoms with Crippen molar-refractivity contribution in [3.8, 4) is 0 Å². The van der Waals surface area contributed by atoms with Crippen molar-refractivity contribution in [1.29, 1.82) is 0 Å². The van der Waals surface area contributed by atoms with Gasteiger partial charge in [-0.05, 0) is 37.3 Å². The Balaban J connectivity index is 2.58. The van der Waals surface area contributed by atoms with Crippen LogP contribution in [-0.4, -0.2) is 21.5 Å². The molecule has 0 aliphatic carbocycles. The standard InChI is InChI=1S/C15H14ClNO4S/c1-10-3-6-12(7-4-10)17(22(19)20)14-9-11(15(18)21-2)5-8-13(14)16/h3-9,22H,1-2H3. The normalized spacial score (nSPS) is 10.5. The average molecular weight is 340 g/mol. The summed E-state index contributed by atoms with van der Waals surface area (Å²) in [5, 5.41) is 0.215. The number of nitrogens with zero attached hydrogens (tertiary/aromatic N) is 1. The smallest absolute Gasteiger partial charge is 0.337 e. The van der Waals surface area contributed by atoms with Crippen molar-refractivity contribution >= 4 is 39.8 Å². The molecule has 0 aromatic heterocycles. The monoisotopic (exact) mass is 339 g/mol. The minimum atomic E-state index is -2.98. The van der Waals surface area contributed by atoms with Gasteiger partial charge in [0.25, 0.3) is 0 Å². The maximum atomic E-state index is 11.7. The highest BCUT2D eigenvalue weighted by atomic mass is 35.5. The van der Waals surface area contributed by atoms with Crippen LogP contribution in [0, 0.1) is 6.92 Å². The van der Waals surface area contributed by atoms with E-state index in [1.165, 1.54) is 25.3 Å². The van der Waals surface area contributed by atoms with E-state index in [0.717, 1.165) is 9.87 Å². The van der Waals surface area contributed by atoms with Gasteiger partial charge in [-0.25, -0.2) is 17.5 Å². The van der Waals surface area contributed by atoms with Crippen LogP contribution >= 0.6 is 11.6 Å². The molecule has 0 saturated heterocycles. The molecule has 2 aromatic rings. The Morgan fingerprint density at radius 2 is 1.77 bits per heavy atom. The molecule has 22 heavy (non-hydrogen) atoms. The van der Waals surface area contributed by atoms with Crippen LogP contribution in [0.2, 0.25) is 5.02 Å². The van der Waals surface area contributed by atoms with E-state index in [0.29, 0.717) is 5.69 Å². The maximum absolute atomic E-state index is 11.7. The van der Waals surface area contributed by atoms with E-state index in [1.54, 1.807) is 24.3 Å². The number of ether oxygens (including phenoxy) is 1. The summed E-state index contributed by atoms with van der Waals surface area (Å²) in [5.74, 6) is -0.567. The molecule has 0 bridgehead atoms. The van der Waals surface area contributed by atoms with Gasteiger partial charge in [-0.15, -0.1) is 0 Å². The zero-order valence-corrected chi connectivity index (χ0v) is 13.6. The predicted octanol–water partition coefficient (Wildman–Crippen LogP) is 3.10. The molecule has 116 valence electrons. The van der Waals surface area contributed by atoms with E-state index >= 15 is 0 Å². The highest BCUT2D eigenvalue weighted by Crippen LogP contribution is 2.33. The zero-order valence-electron chi connectivity index (χ0n) is 11.9. The lowest BCUT2D eigenvalue weighted by Gasteiger charge is -2.19. The van der Waals surface area contributed by atoms with Crippen LogP contribution in [0.1, 0.15) is 15.9 Å². The van der Waals surface area contributed by atoms with Crippen LogP contribution in [0.15, 0.2) is 42.5 Å². The van der Waals surface area contributed by atoms with Crippen LogP contribution < -0.4 is 4.31 Å². The van der Waals surface area contributed by atoms with Gasteiger partial charge in [-0.1, -0.05) is 29.3 Å². The SMILES string of the molecule is COC(=O)c1ccc(Cl)c(N(c2ccc(C)cc2)[SH](=O)=O)c1. The number of aryl methyl sites for hydroxylation is 1. The van der Waals surface area contributed by atoms with Gasteiger partial charge in [0.1, 0.15) is 0 Å². The third kappa shape index (κ3) is 3.40. The van der Waals surface area contributed by atoms with Gasteiger partial charge < -0.3 is 4.74 Å². The Bertz CT molecular complexity index is 764. The van der Waals surface area contributed by atoms with Crippen molar-refractivity contribution < 1.29 is 17.9 Å². The molecular weight excluding hydrogens is 326 g/mol. The molecule has 0 aliphatic heterocycles. The fourth-order valence-electron chi connectivity index (χ4n) is 1.93. The maximum Gasteiger partial charge on any atom is 0.337 e. The highest BCUT2D eigenvalue weighted by molar-refractivity contribution is 7.74. The second kappa shape index (κ2) is 6.81. The van der Waals surface area contributed by atoms with Crippen LogP contribution in [0.3, 0.4) is 0 Å². The van der Waals surface area contributed by atoms with E-state index in [9.17, 15) is 13.2 Å². The number of hydrogen-bond donors (Lipinski definition) is 1. The minimum Gasteiger partial charge on any atom is -0.465 e.